The highest BCUT2D eigenvalue weighted by molar-refractivity contribution is 5.35. The third-order valence-electron chi connectivity index (χ3n) is 3.00. The van der Waals surface area contributed by atoms with E-state index in [9.17, 15) is 0 Å². The molecule has 0 saturated heterocycles. The zero-order valence-electron chi connectivity index (χ0n) is 11.5. The van der Waals surface area contributed by atoms with Gasteiger partial charge in [-0.3, -0.25) is 4.68 Å². The SMILES string of the molecule is Cc1cn(CC(C)COCc2ccccc2)nc1N. The van der Waals surface area contributed by atoms with Gasteiger partial charge in [-0.05, 0) is 18.4 Å². The summed E-state index contributed by atoms with van der Waals surface area (Å²) in [5, 5.41) is 4.26. The Morgan fingerprint density at radius 1 is 1.32 bits per heavy atom. The Bertz CT molecular complexity index is 488. The van der Waals surface area contributed by atoms with Gasteiger partial charge >= 0.3 is 0 Å². The molecule has 2 aromatic rings. The lowest BCUT2D eigenvalue weighted by atomic mass is 10.2. The molecule has 4 nitrogen and oxygen atoms in total. The standard InChI is InChI=1S/C15H21N3O/c1-12(8-18-9-13(2)15(16)17-18)10-19-11-14-6-4-3-5-7-14/h3-7,9,12H,8,10-11H2,1-2H3,(H2,16,17). The zero-order valence-corrected chi connectivity index (χ0v) is 11.5. The molecule has 0 bridgehead atoms. The number of ether oxygens (including phenoxy) is 1. The summed E-state index contributed by atoms with van der Waals surface area (Å²) in [5.41, 5.74) is 7.96. The maximum absolute atomic E-state index is 5.73. The number of aromatic nitrogens is 2. The largest absolute Gasteiger partial charge is 0.382 e. The van der Waals surface area contributed by atoms with E-state index >= 15 is 0 Å². The van der Waals surface area contributed by atoms with Gasteiger partial charge in [0.2, 0.25) is 0 Å². The molecule has 1 unspecified atom stereocenters. The van der Waals surface area contributed by atoms with Gasteiger partial charge in [-0.25, -0.2) is 0 Å². The van der Waals surface area contributed by atoms with Crippen molar-refractivity contribution in [2.24, 2.45) is 5.92 Å². The minimum absolute atomic E-state index is 0.405. The average Bonchev–Trinajstić information content (AvgIpc) is 2.69. The first-order valence-electron chi connectivity index (χ1n) is 6.56. The quantitative estimate of drug-likeness (QED) is 0.867. The first-order valence-corrected chi connectivity index (χ1v) is 6.56. The summed E-state index contributed by atoms with van der Waals surface area (Å²) in [6.45, 7) is 6.32. The minimum atomic E-state index is 0.405. The molecule has 0 aliphatic heterocycles. The van der Waals surface area contributed by atoms with Crippen LogP contribution in [0.15, 0.2) is 36.5 Å². The van der Waals surface area contributed by atoms with E-state index in [1.807, 2.05) is 36.0 Å². The Labute approximate surface area is 114 Å². The van der Waals surface area contributed by atoms with Crippen molar-refractivity contribution in [3.05, 3.63) is 47.7 Å². The fourth-order valence-corrected chi connectivity index (χ4v) is 1.95. The molecule has 102 valence electrons. The van der Waals surface area contributed by atoms with Crippen LogP contribution in [0.5, 0.6) is 0 Å². The van der Waals surface area contributed by atoms with E-state index in [-0.39, 0.29) is 0 Å². The highest BCUT2D eigenvalue weighted by Gasteiger charge is 2.06. The molecule has 19 heavy (non-hydrogen) atoms. The van der Waals surface area contributed by atoms with Crippen molar-refractivity contribution >= 4 is 5.82 Å². The second-order valence-corrected chi connectivity index (χ2v) is 5.03. The molecule has 0 fully saturated rings. The van der Waals surface area contributed by atoms with Gasteiger partial charge in [0.25, 0.3) is 0 Å². The minimum Gasteiger partial charge on any atom is -0.382 e. The van der Waals surface area contributed by atoms with E-state index in [1.165, 1.54) is 5.56 Å². The van der Waals surface area contributed by atoms with Crippen LogP contribution in [0.4, 0.5) is 5.82 Å². The Hall–Kier alpha value is -1.81. The fraction of sp³-hybridized carbons (Fsp3) is 0.400. The van der Waals surface area contributed by atoms with Crippen LogP contribution in [-0.2, 0) is 17.9 Å². The van der Waals surface area contributed by atoms with Crippen molar-refractivity contribution in [3.63, 3.8) is 0 Å². The van der Waals surface area contributed by atoms with Gasteiger partial charge in [0.15, 0.2) is 0 Å². The summed E-state index contributed by atoms with van der Waals surface area (Å²) in [7, 11) is 0. The van der Waals surface area contributed by atoms with E-state index in [0.717, 1.165) is 12.1 Å². The third kappa shape index (κ3) is 4.10. The molecule has 0 aliphatic rings. The smallest absolute Gasteiger partial charge is 0.148 e. The predicted molar refractivity (Wildman–Crippen MR) is 76.6 cm³/mol. The van der Waals surface area contributed by atoms with Crippen LogP contribution in [0.3, 0.4) is 0 Å². The summed E-state index contributed by atoms with van der Waals surface area (Å²) in [5.74, 6) is 1.01. The van der Waals surface area contributed by atoms with Crippen molar-refractivity contribution < 1.29 is 4.74 Å². The normalized spacial score (nSPS) is 12.5. The van der Waals surface area contributed by atoms with Crippen molar-refractivity contribution in [2.45, 2.75) is 27.0 Å². The summed E-state index contributed by atoms with van der Waals surface area (Å²) >= 11 is 0. The van der Waals surface area contributed by atoms with Gasteiger partial charge in [-0.2, -0.15) is 5.10 Å². The van der Waals surface area contributed by atoms with Crippen LogP contribution in [0, 0.1) is 12.8 Å². The van der Waals surface area contributed by atoms with Gasteiger partial charge in [-0.1, -0.05) is 37.3 Å². The third-order valence-corrected chi connectivity index (χ3v) is 3.00. The highest BCUT2D eigenvalue weighted by atomic mass is 16.5. The summed E-state index contributed by atoms with van der Waals surface area (Å²) in [6.07, 6.45) is 1.98. The number of anilines is 1. The van der Waals surface area contributed by atoms with Crippen molar-refractivity contribution in [2.75, 3.05) is 12.3 Å². The second-order valence-electron chi connectivity index (χ2n) is 5.03. The summed E-state index contributed by atoms with van der Waals surface area (Å²) in [4.78, 5) is 0. The lowest BCUT2D eigenvalue weighted by molar-refractivity contribution is 0.0857. The van der Waals surface area contributed by atoms with E-state index in [0.29, 0.717) is 24.9 Å². The maximum Gasteiger partial charge on any atom is 0.148 e. The Kier molecular flexibility index (Phi) is 4.58. The number of hydrogen-bond donors (Lipinski definition) is 1. The topological polar surface area (TPSA) is 53.1 Å². The van der Waals surface area contributed by atoms with Gasteiger partial charge in [0.05, 0.1) is 13.2 Å². The van der Waals surface area contributed by atoms with Crippen LogP contribution >= 0.6 is 0 Å². The van der Waals surface area contributed by atoms with Crippen molar-refractivity contribution in [1.29, 1.82) is 0 Å². The fourth-order valence-electron chi connectivity index (χ4n) is 1.95. The van der Waals surface area contributed by atoms with Crippen LogP contribution < -0.4 is 5.73 Å². The molecule has 2 rings (SSSR count). The molecule has 1 atom stereocenters. The maximum atomic E-state index is 5.73. The lowest BCUT2D eigenvalue weighted by Gasteiger charge is -2.12. The number of rotatable bonds is 6. The predicted octanol–water partition coefficient (Wildman–Crippen LogP) is 2.63. The Balaban J connectivity index is 1.74. The number of nitrogen functional groups attached to an aromatic ring is 1. The molecule has 2 N–H and O–H groups in total. The highest BCUT2D eigenvalue weighted by Crippen LogP contribution is 2.09. The van der Waals surface area contributed by atoms with Crippen molar-refractivity contribution in [3.8, 4) is 0 Å². The van der Waals surface area contributed by atoms with Crippen LogP contribution in [0.2, 0.25) is 0 Å². The Morgan fingerprint density at radius 3 is 2.68 bits per heavy atom. The number of hydrogen-bond acceptors (Lipinski definition) is 3. The van der Waals surface area contributed by atoms with E-state index in [1.54, 1.807) is 0 Å². The van der Waals surface area contributed by atoms with Crippen LogP contribution in [0.25, 0.3) is 0 Å². The lowest BCUT2D eigenvalue weighted by Crippen LogP contribution is -2.14. The zero-order chi connectivity index (χ0) is 13.7. The van der Waals surface area contributed by atoms with Crippen molar-refractivity contribution in [1.82, 2.24) is 9.78 Å². The summed E-state index contributed by atoms with van der Waals surface area (Å²) < 4.78 is 7.61. The molecule has 0 saturated carbocycles. The van der Waals surface area contributed by atoms with Gasteiger partial charge in [0.1, 0.15) is 5.82 Å². The first-order chi connectivity index (χ1) is 9.15. The molecule has 0 amide bonds. The first kappa shape index (κ1) is 13.6. The van der Waals surface area contributed by atoms with E-state index in [4.69, 9.17) is 10.5 Å². The number of nitrogens with two attached hydrogens (primary N) is 1. The van der Waals surface area contributed by atoms with E-state index in [2.05, 4.69) is 24.2 Å². The van der Waals surface area contributed by atoms with E-state index < -0.39 is 0 Å². The second kappa shape index (κ2) is 6.38. The molecular weight excluding hydrogens is 238 g/mol. The van der Waals surface area contributed by atoms with Gasteiger partial charge in [0, 0.05) is 18.3 Å². The average molecular weight is 259 g/mol. The number of aryl methyl sites for hydroxylation is 1. The summed E-state index contributed by atoms with van der Waals surface area (Å²) in [6, 6.07) is 10.2. The molecular formula is C15H21N3O. The number of nitrogens with zero attached hydrogens (tertiary/aromatic N) is 2. The van der Waals surface area contributed by atoms with Crippen LogP contribution in [-0.4, -0.2) is 16.4 Å². The molecule has 0 aliphatic carbocycles. The molecule has 0 radical (unpaired) electrons. The molecule has 1 aromatic carbocycles. The van der Waals surface area contributed by atoms with Crippen LogP contribution in [0.1, 0.15) is 18.1 Å². The molecule has 4 heteroatoms. The van der Waals surface area contributed by atoms with Gasteiger partial charge < -0.3 is 10.5 Å². The monoisotopic (exact) mass is 259 g/mol. The Morgan fingerprint density at radius 2 is 2.05 bits per heavy atom. The molecule has 1 heterocycles. The number of benzene rings is 1. The molecule has 1 aromatic heterocycles. The van der Waals surface area contributed by atoms with Gasteiger partial charge in [-0.15, -0.1) is 0 Å². The molecule has 0 spiro atoms.